The molecule has 0 fully saturated rings. The smallest absolute Gasteiger partial charge is 0.352 e. The maximum Gasteiger partial charge on any atom is 0.352 e. The van der Waals surface area contributed by atoms with E-state index in [1.54, 1.807) is 0 Å². The molecule has 1 rings (SSSR count). The number of benzene rings is 1. The summed E-state index contributed by atoms with van der Waals surface area (Å²) in [7, 11) is 1.38. The molecule has 0 aliphatic rings. The second-order valence-electron chi connectivity index (χ2n) is 4.76. The minimum atomic E-state index is -0.413. The third kappa shape index (κ3) is 3.83. The van der Waals surface area contributed by atoms with Crippen LogP contribution in [0.4, 0.5) is 0 Å². The van der Waals surface area contributed by atoms with Gasteiger partial charge in [-0.15, -0.1) is 11.6 Å². The van der Waals surface area contributed by atoms with Gasteiger partial charge in [0, 0.05) is 11.3 Å². The van der Waals surface area contributed by atoms with Crippen LogP contribution in [0.3, 0.4) is 0 Å². The van der Waals surface area contributed by atoms with E-state index in [2.05, 4.69) is 4.99 Å². The van der Waals surface area contributed by atoms with Crippen LogP contribution >= 0.6 is 11.6 Å². The van der Waals surface area contributed by atoms with Gasteiger partial charge in [-0.2, -0.15) is 0 Å². The zero-order chi connectivity index (χ0) is 15.0. The second kappa shape index (κ2) is 8.05. The molecule has 4 heteroatoms. The fourth-order valence-electron chi connectivity index (χ4n) is 2.14. The van der Waals surface area contributed by atoms with E-state index in [1.807, 2.05) is 44.2 Å². The van der Waals surface area contributed by atoms with Crippen molar-refractivity contribution in [2.24, 2.45) is 10.4 Å². The predicted octanol–water partition coefficient (Wildman–Crippen LogP) is 3.85. The van der Waals surface area contributed by atoms with Crippen molar-refractivity contribution in [2.75, 3.05) is 13.0 Å². The first-order valence-corrected chi connectivity index (χ1v) is 7.40. The molecule has 0 aliphatic carbocycles. The fourth-order valence-corrected chi connectivity index (χ4v) is 2.64. The number of nitrogens with zero attached hydrogens (tertiary/aromatic N) is 1. The zero-order valence-corrected chi connectivity index (χ0v) is 13.1. The molecule has 0 aliphatic heterocycles. The number of aliphatic imine (C=N–C) groups is 1. The van der Waals surface area contributed by atoms with Gasteiger partial charge in [-0.25, -0.2) is 4.79 Å². The van der Waals surface area contributed by atoms with E-state index in [-0.39, 0.29) is 5.97 Å². The number of methoxy groups -OCH3 is 1. The van der Waals surface area contributed by atoms with Crippen LogP contribution in [0, 0.1) is 5.41 Å². The number of esters is 1. The molecule has 3 nitrogen and oxygen atoms in total. The van der Waals surface area contributed by atoms with Crippen molar-refractivity contribution < 1.29 is 9.53 Å². The van der Waals surface area contributed by atoms with E-state index in [1.165, 1.54) is 7.11 Å². The van der Waals surface area contributed by atoms with Crippen LogP contribution in [0.15, 0.2) is 35.3 Å². The lowest BCUT2D eigenvalue weighted by Gasteiger charge is -2.29. The van der Waals surface area contributed by atoms with Gasteiger partial charge < -0.3 is 4.74 Å². The molecule has 0 N–H and O–H groups in total. The van der Waals surface area contributed by atoms with E-state index in [0.717, 1.165) is 18.4 Å². The summed E-state index contributed by atoms with van der Waals surface area (Å²) in [5, 5.41) is 0. The van der Waals surface area contributed by atoms with Crippen LogP contribution in [-0.4, -0.2) is 24.7 Å². The molecule has 0 saturated carbocycles. The Kier molecular flexibility index (Phi) is 6.73. The molecule has 0 radical (unpaired) electrons. The van der Waals surface area contributed by atoms with Gasteiger partial charge in [-0.05, 0) is 18.4 Å². The number of alkyl halides is 1. The Bertz CT molecular complexity index is 445. The number of rotatable bonds is 7. The summed E-state index contributed by atoms with van der Waals surface area (Å²) in [5.41, 5.74) is 1.09. The van der Waals surface area contributed by atoms with Gasteiger partial charge in [0.05, 0.1) is 13.7 Å². The van der Waals surface area contributed by atoms with Crippen molar-refractivity contribution in [3.63, 3.8) is 0 Å². The molecular weight excluding hydrogens is 274 g/mol. The molecule has 0 aromatic heterocycles. The summed E-state index contributed by atoms with van der Waals surface area (Å²) in [5.74, 6) is -0.0202. The predicted molar refractivity (Wildman–Crippen MR) is 83.3 cm³/mol. The van der Waals surface area contributed by atoms with Gasteiger partial charge in [0.2, 0.25) is 0 Å². The van der Waals surface area contributed by atoms with Crippen molar-refractivity contribution >= 4 is 23.3 Å². The topological polar surface area (TPSA) is 38.7 Å². The molecule has 0 atom stereocenters. The Hall–Kier alpha value is -1.35. The lowest BCUT2D eigenvalue weighted by atomic mass is 9.79. The maximum atomic E-state index is 12.0. The highest BCUT2D eigenvalue weighted by Gasteiger charge is 2.36. The van der Waals surface area contributed by atoms with Crippen molar-refractivity contribution in [1.82, 2.24) is 0 Å². The van der Waals surface area contributed by atoms with Gasteiger partial charge >= 0.3 is 5.97 Å². The lowest BCUT2D eigenvalue weighted by molar-refractivity contribution is -0.133. The van der Waals surface area contributed by atoms with Crippen LogP contribution in [0.1, 0.15) is 32.3 Å². The number of hydrogen-bond acceptors (Lipinski definition) is 3. The Morgan fingerprint density at radius 1 is 1.25 bits per heavy atom. The third-order valence-corrected chi connectivity index (χ3v) is 4.26. The van der Waals surface area contributed by atoms with Crippen LogP contribution in [0.25, 0.3) is 0 Å². The van der Waals surface area contributed by atoms with Crippen molar-refractivity contribution in [2.45, 2.75) is 33.2 Å². The Balaban J connectivity index is 3.09. The zero-order valence-electron chi connectivity index (χ0n) is 12.4. The maximum absolute atomic E-state index is 12.0. The van der Waals surface area contributed by atoms with Gasteiger partial charge in [0.1, 0.15) is 5.71 Å². The average molecular weight is 296 g/mol. The first-order chi connectivity index (χ1) is 9.63. The van der Waals surface area contributed by atoms with Crippen molar-refractivity contribution in [1.29, 1.82) is 0 Å². The first kappa shape index (κ1) is 16.7. The van der Waals surface area contributed by atoms with E-state index in [9.17, 15) is 4.79 Å². The first-order valence-electron chi connectivity index (χ1n) is 6.86. The monoisotopic (exact) mass is 295 g/mol. The highest BCUT2D eigenvalue weighted by Crippen LogP contribution is 2.31. The molecule has 0 bridgehead atoms. The highest BCUT2D eigenvalue weighted by molar-refractivity contribution is 6.40. The van der Waals surface area contributed by atoms with Crippen LogP contribution in [0.2, 0.25) is 0 Å². The number of carbonyl (C=O) groups excluding carboxylic acids is 1. The number of carbonyl (C=O) groups is 1. The van der Waals surface area contributed by atoms with Gasteiger partial charge in [-0.1, -0.05) is 44.2 Å². The lowest BCUT2D eigenvalue weighted by Crippen LogP contribution is -2.38. The van der Waals surface area contributed by atoms with Crippen LogP contribution in [-0.2, 0) is 16.1 Å². The molecule has 20 heavy (non-hydrogen) atoms. The summed E-state index contributed by atoms with van der Waals surface area (Å²) in [6.45, 7) is 4.50. The number of hydrogen-bond donors (Lipinski definition) is 0. The Morgan fingerprint density at radius 3 is 2.30 bits per heavy atom. The summed E-state index contributed by atoms with van der Waals surface area (Å²) < 4.78 is 4.88. The fraction of sp³-hybridized carbons (Fsp3) is 0.500. The Morgan fingerprint density at radius 2 is 1.85 bits per heavy atom. The quantitative estimate of drug-likeness (QED) is 0.435. The molecular formula is C16H22ClNO2. The van der Waals surface area contributed by atoms with E-state index < -0.39 is 5.41 Å². The molecule has 110 valence electrons. The minimum absolute atomic E-state index is 0.364. The van der Waals surface area contributed by atoms with Crippen LogP contribution in [0.5, 0.6) is 0 Å². The van der Waals surface area contributed by atoms with E-state index in [0.29, 0.717) is 18.1 Å². The van der Waals surface area contributed by atoms with E-state index in [4.69, 9.17) is 16.3 Å². The molecule has 0 amide bonds. The standard InChI is InChI=1S/C16H22ClNO2/c1-4-16(5-2,12-17)14(15(19)20-3)18-11-13-9-7-6-8-10-13/h6-10H,4-5,11-12H2,1-3H3. The van der Waals surface area contributed by atoms with Gasteiger partial charge in [-0.3, -0.25) is 4.99 Å². The largest absolute Gasteiger partial charge is 0.465 e. The third-order valence-electron chi connectivity index (χ3n) is 3.75. The molecule has 1 aromatic carbocycles. The summed E-state index contributed by atoms with van der Waals surface area (Å²) in [4.78, 5) is 16.6. The second-order valence-corrected chi connectivity index (χ2v) is 5.03. The van der Waals surface area contributed by atoms with Gasteiger partial charge in [0.15, 0.2) is 0 Å². The summed E-state index contributed by atoms with van der Waals surface area (Å²) in [6.07, 6.45) is 1.52. The SMILES string of the molecule is CCC(CC)(CCl)C(=NCc1ccccc1)C(=O)OC. The normalized spacial score (nSPS) is 12.3. The Labute approximate surface area is 126 Å². The summed E-state index contributed by atoms with van der Waals surface area (Å²) in [6, 6.07) is 9.83. The summed E-state index contributed by atoms with van der Waals surface area (Å²) >= 11 is 6.11. The van der Waals surface area contributed by atoms with Crippen molar-refractivity contribution in [3.8, 4) is 0 Å². The average Bonchev–Trinajstić information content (AvgIpc) is 2.52. The number of ether oxygens (including phenoxy) is 1. The molecule has 1 aromatic rings. The molecule has 0 spiro atoms. The molecule has 0 unspecified atom stereocenters. The highest BCUT2D eigenvalue weighted by atomic mass is 35.5. The van der Waals surface area contributed by atoms with E-state index >= 15 is 0 Å². The molecule has 0 heterocycles. The molecule has 0 saturated heterocycles. The van der Waals surface area contributed by atoms with Crippen molar-refractivity contribution in [3.05, 3.63) is 35.9 Å². The minimum Gasteiger partial charge on any atom is -0.465 e. The number of halogens is 1. The van der Waals surface area contributed by atoms with Crippen LogP contribution < -0.4 is 0 Å². The van der Waals surface area contributed by atoms with Gasteiger partial charge in [0.25, 0.3) is 0 Å².